The normalized spacial score (nSPS) is 10.2. The first-order valence-corrected chi connectivity index (χ1v) is 6.73. The van der Waals surface area contributed by atoms with E-state index >= 15 is 0 Å². The Kier molecular flexibility index (Phi) is 4.55. The van der Waals surface area contributed by atoms with Crippen LogP contribution in [-0.2, 0) is 0 Å². The molecule has 0 aliphatic heterocycles. The predicted molar refractivity (Wildman–Crippen MR) is 82.8 cm³/mol. The summed E-state index contributed by atoms with van der Waals surface area (Å²) >= 11 is 0. The van der Waals surface area contributed by atoms with Crippen LogP contribution in [0.4, 0.5) is 0 Å². The number of carbonyl (C=O) groups is 2. The van der Waals surface area contributed by atoms with Gasteiger partial charge in [0.15, 0.2) is 17.3 Å². The molecule has 2 aromatic carbocycles. The van der Waals surface area contributed by atoms with Gasteiger partial charge in [-0.1, -0.05) is 12.1 Å². The Labute approximate surface area is 132 Å². The third-order valence-electron chi connectivity index (χ3n) is 3.49. The Morgan fingerprint density at radius 2 is 1.70 bits per heavy atom. The van der Waals surface area contributed by atoms with Crippen molar-refractivity contribution in [2.75, 3.05) is 14.2 Å². The highest BCUT2D eigenvalue weighted by molar-refractivity contribution is 6.16. The average Bonchev–Trinajstić information content (AvgIpc) is 2.55. The van der Waals surface area contributed by atoms with Gasteiger partial charge in [0.25, 0.3) is 0 Å². The van der Waals surface area contributed by atoms with Gasteiger partial charge in [-0.3, -0.25) is 4.79 Å². The molecule has 0 aliphatic carbocycles. The number of hydrogen-bond donors (Lipinski definition) is 2. The topological polar surface area (TPSA) is 93.1 Å². The second kappa shape index (κ2) is 6.39. The lowest BCUT2D eigenvalue weighted by molar-refractivity contribution is 0.0688. The fourth-order valence-corrected chi connectivity index (χ4v) is 2.32. The molecule has 0 fully saturated rings. The van der Waals surface area contributed by atoms with Crippen molar-refractivity contribution in [1.29, 1.82) is 0 Å². The number of aromatic carboxylic acids is 1. The van der Waals surface area contributed by atoms with Crippen molar-refractivity contribution < 1.29 is 29.3 Å². The van der Waals surface area contributed by atoms with Gasteiger partial charge < -0.3 is 19.7 Å². The van der Waals surface area contributed by atoms with E-state index in [-0.39, 0.29) is 33.9 Å². The van der Waals surface area contributed by atoms with Crippen LogP contribution in [-0.4, -0.2) is 36.2 Å². The first-order chi connectivity index (χ1) is 10.9. The number of benzene rings is 2. The maximum Gasteiger partial charge on any atom is 0.340 e. The lowest BCUT2D eigenvalue weighted by Gasteiger charge is -2.14. The maximum absolute atomic E-state index is 12.7. The average molecular weight is 316 g/mol. The number of aryl methyl sites for hydroxylation is 1. The number of carboxylic acids is 1. The van der Waals surface area contributed by atoms with E-state index in [9.17, 15) is 19.8 Å². The summed E-state index contributed by atoms with van der Waals surface area (Å²) in [6, 6.07) is 7.50. The summed E-state index contributed by atoms with van der Waals surface area (Å²) in [5.41, 5.74) is 0.154. The molecule has 0 heterocycles. The van der Waals surface area contributed by atoms with Crippen LogP contribution in [0.1, 0.15) is 31.8 Å². The molecule has 0 unspecified atom stereocenters. The largest absolute Gasteiger partial charge is 0.507 e. The summed E-state index contributed by atoms with van der Waals surface area (Å²) in [5, 5.41) is 19.5. The van der Waals surface area contributed by atoms with E-state index in [0.29, 0.717) is 5.56 Å². The van der Waals surface area contributed by atoms with Crippen LogP contribution in [0.3, 0.4) is 0 Å². The second-order valence-corrected chi connectivity index (χ2v) is 4.83. The van der Waals surface area contributed by atoms with Crippen LogP contribution in [0, 0.1) is 6.92 Å². The van der Waals surface area contributed by atoms with E-state index in [1.165, 1.54) is 32.4 Å². The zero-order valence-corrected chi connectivity index (χ0v) is 12.9. The molecule has 6 heteroatoms. The zero-order chi connectivity index (χ0) is 17.1. The van der Waals surface area contributed by atoms with Gasteiger partial charge in [-0.05, 0) is 30.7 Å². The number of ether oxygens (including phenoxy) is 2. The van der Waals surface area contributed by atoms with E-state index in [1.807, 2.05) is 0 Å². The van der Waals surface area contributed by atoms with Crippen molar-refractivity contribution in [2.45, 2.75) is 6.92 Å². The van der Waals surface area contributed by atoms with Crippen LogP contribution in [0.15, 0.2) is 30.3 Å². The fraction of sp³-hybridized carbons (Fsp3) is 0.176. The van der Waals surface area contributed by atoms with E-state index in [2.05, 4.69) is 0 Å². The molecule has 0 aromatic heterocycles. The number of ketones is 1. The van der Waals surface area contributed by atoms with E-state index < -0.39 is 11.8 Å². The summed E-state index contributed by atoms with van der Waals surface area (Å²) in [5.74, 6) is -1.95. The van der Waals surface area contributed by atoms with Crippen molar-refractivity contribution >= 4 is 11.8 Å². The third-order valence-corrected chi connectivity index (χ3v) is 3.49. The summed E-state index contributed by atoms with van der Waals surface area (Å²) in [7, 11) is 2.67. The van der Waals surface area contributed by atoms with Crippen molar-refractivity contribution in [1.82, 2.24) is 0 Å². The Bertz CT molecular complexity index is 779. The molecular formula is C17H16O6. The van der Waals surface area contributed by atoms with Gasteiger partial charge >= 0.3 is 5.97 Å². The summed E-state index contributed by atoms with van der Waals surface area (Å²) in [4.78, 5) is 24.3. The van der Waals surface area contributed by atoms with Gasteiger partial charge in [0, 0.05) is 5.56 Å². The number of rotatable bonds is 5. The Morgan fingerprint density at radius 3 is 2.26 bits per heavy atom. The van der Waals surface area contributed by atoms with Crippen LogP contribution in [0.25, 0.3) is 0 Å². The lowest BCUT2D eigenvalue weighted by Crippen LogP contribution is -2.12. The molecule has 0 saturated carbocycles. The highest BCUT2D eigenvalue weighted by atomic mass is 16.5. The molecule has 2 N–H and O–H groups in total. The third kappa shape index (κ3) is 2.83. The Morgan fingerprint density at radius 1 is 1.00 bits per heavy atom. The molecule has 0 saturated heterocycles. The second-order valence-electron chi connectivity index (χ2n) is 4.83. The molecule has 2 aromatic rings. The standard InChI is InChI=1S/C17H16O6/c1-9-5-4-6-11(14(9)18)15(19)10-7-8-12(22-2)16(23-3)13(10)17(20)21/h4-8,18H,1-3H3,(H,20,21). The molecule has 0 atom stereocenters. The molecule has 23 heavy (non-hydrogen) atoms. The van der Waals surface area contributed by atoms with Crippen LogP contribution in [0.2, 0.25) is 0 Å². The first kappa shape index (κ1) is 16.4. The van der Waals surface area contributed by atoms with E-state index in [4.69, 9.17) is 9.47 Å². The number of phenols is 1. The fourth-order valence-electron chi connectivity index (χ4n) is 2.32. The van der Waals surface area contributed by atoms with Crippen LogP contribution in [0.5, 0.6) is 17.2 Å². The van der Waals surface area contributed by atoms with Gasteiger partial charge in [-0.2, -0.15) is 0 Å². The van der Waals surface area contributed by atoms with Crippen LogP contribution < -0.4 is 9.47 Å². The number of carbonyl (C=O) groups excluding carboxylic acids is 1. The monoisotopic (exact) mass is 316 g/mol. The van der Waals surface area contributed by atoms with Crippen LogP contribution >= 0.6 is 0 Å². The quantitative estimate of drug-likeness (QED) is 0.824. The van der Waals surface area contributed by atoms with Gasteiger partial charge in [0.1, 0.15) is 11.3 Å². The number of hydrogen-bond acceptors (Lipinski definition) is 5. The smallest absolute Gasteiger partial charge is 0.340 e. The van der Waals surface area contributed by atoms with Gasteiger partial charge in [0.2, 0.25) is 0 Å². The van der Waals surface area contributed by atoms with Crippen molar-refractivity contribution in [2.24, 2.45) is 0 Å². The molecule has 0 bridgehead atoms. The van der Waals surface area contributed by atoms with Gasteiger partial charge in [-0.25, -0.2) is 4.79 Å². The number of para-hydroxylation sites is 1. The van der Waals surface area contributed by atoms with Crippen molar-refractivity contribution in [3.63, 3.8) is 0 Å². The Hall–Kier alpha value is -3.02. The molecule has 6 nitrogen and oxygen atoms in total. The maximum atomic E-state index is 12.7. The molecule has 2 rings (SSSR count). The number of carboxylic acid groups (broad SMARTS) is 1. The Balaban J connectivity index is 2.70. The number of aromatic hydroxyl groups is 1. The molecule has 0 amide bonds. The summed E-state index contributed by atoms with van der Waals surface area (Å²) in [6.07, 6.45) is 0. The lowest BCUT2D eigenvalue weighted by atomic mass is 9.95. The number of methoxy groups -OCH3 is 2. The minimum absolute atomic E-state index is 0.0275. The molecular weight excluding hydrogens is 300 g/mol. The van der Waals surface area contributed by atoms with Crippen molar-refractivity contribution in [3.8, 4) is 17.2 Å². The highest BCUT2D eigenvalue weighted by Crippen LogP contribution is 2.35. The van der Waals surface area contributed by atoms with Gasteiger partial charge in [0.05, 0.1) is 19.8 Å². The highest BCUT2D eigenvalue weighted by Gasteiger charge is 2.26. The van der Waals surface area contributed by atoms with E-state index in [1.54, 1.807) is 19.1 Å². The van der Waals surface area contributed by atoms with E-state index in [0.717, 1.165) is 0 Å². The minimum atomic E-state index is -1.32. The molecule has 120 valence electrons. The summed E-state index contributed by atoms with van der Waals surface area (Å²) in [6.45, 7) is 1.65. The zero-order valence-electron chi connectivity index (χ0n) is 12.9. The van der Waals surface area contributed by atoms with Crippen molar-refractivity contribution in [3.05, 3.63) is 52.6 Å². The molecule has 0 spiro atoms. The minimum Gasteiger partial charge on any atom is -0.507 e. The summed E-state index contributed by atoms with van der Waals surface area (Å²) < 4.78 is 10.2. The number of phenolic OH excluding ortho intramolecular Hbond substituents is 1. The SMILES string of the molecule is COc1ccc(C(=O)c2cccc(C)c2O)c(C(=O)O)c1OC. The molecule has 0 radical (unpaired) electrons. The molecule has 0 aliphatic rings. The first-order valence-electron chi connectivity index (χ1n) is 6.73. The van der Waals surface area contributed by atoms with Gasteiger partial charge in [-0.15, -0.1) is 0 Å². The predicted octanol–water partition coefficient (Wildman–Crippen LogP) is 2.65.